The Morgan fingerprint density at radius 3 is 2.76 bits per heavy atom. The van der Waals surface area contributed by atoms with Crippen LogP contribution in [0.4, 0.5) is 11.4 Å². The summed E-state index contributed by atoms with van der Waals surface area (Å²) in [5.41, 5.74) is 2.09. The van der Waals surface area contributed by atoms with Crippen LogP contribution < -0.4 is 19.7 Å². The van der Waals surface area contributed by atoms with Gasteiger partial charge in [-0.05, 0) is 36.8 Å². The number of halogens is 1. The van der Waals surface area contributed by atoms with Gasteiger partial charge in [0.05, 0.1) is 49.2 Å². The minimum Gasteiger partial charge on any atom is -0.497 e. The van der Waals surface area contributed by atoms with E-state index in [1.54, 1.807) is 50.6 Å². The van der Waals surface area contributed by atoms with Crippen molar-refractivity contribution in [2.45, 2.75) is 19.0 Å². The first-order valence-corrected chi connectivity index (χ1v) is 13.4. The molecule has 11 heteroatoms. The summed E-state index contributed by atoms with van der Waals surface area (Å²) in [6.07, 6.45) is 0. The topological polar surface area (TPSA) is 97.3 Å². The van der Waals surface area contributed by atoms with Crippen LogP contribution in [0.25, 0.3) is 0 Å². The van der Waals surface area contributed by atoms with Gasteiger partial charge in [0, 0.05) is 16.8 Å². The van der Waals surface area contributed by atoms with Crippen LogP contribution in [0.3, 0.4) is 0 Å². The molecule has 0 aromatic heterocycles. The van der Waals surface area contributed by atoms with Crippen LogP contribution in [0.2, 0.25) is 5.02 Å². The molecule has 2 aromatic rings. The van der Waals surface area contributed by atoms with E-state index >= 15 is 0 Å². The maximum atomic E-state index is 12.7. The van der Waals surface area contributed by atoms with Gasteiger partial charge in [0.15, 0.2) is 15.0 Å². The van der Waals surface area contributed by atoms with Gasteiger partial charge in [-0.3, -0.25) is 9.79 Å². The predicted molar refractivity (Wildman–Crippen MR) is 133 cm³/mol. The summed E-state index contributed by atoms with van der Waals surface area (Å²) < 4.78 is 35.5. The summed E-state index contributed by atoms with van der Waals surface area (Å²) in [4.78, 5) is 19.2. The van der Waals surface area contributed by atoms with E-state index in [9.17, 15) is 13.2 Å². The summed E-state index contributed by atoms with van der Waals surface area (Å²) >= 11 is 7.40. The zero-order valence-electron chi connectivity index (χ0n) is 18.4. The maximum Gasteiger partial charge on any atom is 0.234 e. The Balaban J connectivity index is 1.58. The Bertz CT molecular complexity index is 1220. The lowest BCUT2D eigenvalue weighted by atomic mass is 10.1. The van der Waals surface area contributed by atoms with Crippen LogP contribution in [-0.4, -0.2) is 63.1 Å². The quantitative estimate of drug-likeness (QED) is 0.637. The average Bonchev–Trinajstić information content (AvgIpc) is 3.25. The van der Waals surface area contributed by atoms with Gasteiger partial charge in [-0.15, -0.1) is 0 Å². The van der Waals surface area contributed by atoms with Crippen LogP contribution in [0.15, 0.2) is 41.4 Å². The Morgan fingerprint density at radius 1 is 1.24 bits per heavy atom. The number of hydrogen-bond acceptors (Lipinski definition) is 8. The van der Waals surface area contributed by atoms with Crippen molar-refractivity contribution in [3.63, 3.8) is 0 Å². The van der Waals surface area contributed by atoms with Gasteiger partial charge in [-0.25, -0.2) is 8.42 Å². The van der Waals surface area contributed by atoms with Crippen LogP contribution in [0, 0.1) is 6.92 Å². The number of anilines is 2. The molecule has 1 saturated heterocycles. The van der Waals surface area contributed by atoms with Crippen molar-refractivity contribution in [2.75, 3.05) is 41.7 Å². The molecule has 4 rings (SSSR count). The fourth-order valence-electron chi connectivity index (χ4n) is 3.96. The minimum atomic E-state index is -3.21. The molecule has 2 aliphatic heterocycles. The SMILES string of the molecule is COc1ccc(OC)c(N2C(SCC(=O)Nc3cccc(Cl)c3C)=N[C@@H]3CS(=O)(=O)C[C@@H]32)c1. The van der Waals surface area contributed by atoms with E-state index in [0.29, 0.717) is 33.1 Å². The first-order chi connectivity index (χ1) is 15.7. The molecule has 2 aromatic carbocycles. The maximum absolute atomic E-state index is 12.7. The molecule has 1 amide bonds. The van der Waals surface area contributed by atoms with Gasteiger partial charge in [-0.2, -0.15) is 0 Å². The number of ether oxygens (including phenoxy) is 2. The molecule has 8 nitrogen and oxygen atoms in total. The van der Waals surface area contributed by atoms with Crippen molar-refractivity contribution in [3.05, 3.63) is 47.0 Å². The van der Waals surface area contributed by atoms with E-state index in [1.165, 1.54) is 11.8 Å². The number of sulfone groups is 1. The van der Waals surface area contributed by atoms with Gasteiger partial charge < -0.3 is 19.7 Å². The molecule has 33 heavy (non-hydrogen) atoms. The number of nitrogens with zero attached hydrogens (tertiary/aromatic N) is 2. The van der Waals surface area contributed by atoms with Gasteiger partial charge >= 0.3 is 0 Å². The molecular formula is C22H24ClN3O5S2. The van der Waals surface area contributed by atoms with Crippen LogP contribution >= 0.6 is 23.4 Å². The Morgan fingerprint density at radius 2 is 2.03 bits per heavy atom. The van der Waals surface area contributed by atoms with Crippen molar-refractivity contribution in [2.24, 2.45) is 4.99 Å². The molecule has 1 N–H and O–H groups in total. The standard InChI is InChI=1S/C22H24ClN3O5S2/c1-13-15(23)5-4-6-16(13)24-21(27)10-32-22-25-17-11-33(28,29)12-19(17)26(22)18-9-14(30-2)7-8-20(18)31-3/h4-9,17,19H,10-12H2,1-3H3,(H,24,27)/t17-,19+/m1/s1. The highest BCUT2D eigenvalue weighted by Crippen LogP contribution is 2.41. The third kappa shape index (κ3) is 4.92. The van der Waals surface area contributed by atoms with Crippen molar-refractivity contribution in [1.29, 1.82) is 0 Å². The molecule has 0 aliphatic carbocycles. The average molecular weight is 510 g/mol. The molecule has 2 aliphatic rings. The lowest BCUT2D eigenvalue weighted by Gasteiger charge is -2.28. The zero-order valence-corrected chi connectivity index (χ0v) is 20.8. The van der Waals surface area contributed by atoms with E-state index in [2.05, 4.69) is 10.3 Å². The molecule has 0 bridgehead atoms. The summed E-state index contributed by atoms with van der Waals surface area (Å²) in [5.74, 6) is 1.02. The van der Waals surface area contributed by atoms with Crippen molar-refractivity contribution in [1.82, 2.24) is 0 Å². The number of aliphatic imine (C=N–C) groups is 1. The van der Waals surface area contributed by atoms with Gasteiger partial charge in [0.1, 0.15) is 11.5 Å². The number of rotatable bonds is 6. The largest absolute Gasteiger partial charge is 0.497 e. The number of carbonyl (C=O) groups is 1. The summed E-state index contributed by atoms with van der Waals surface area (Å²) in [7, 11) is -0.0974. The predicted octanol–water partition coefficient (Wildman–Crippen LogP) is 3.38. The molecule has 1 fully saturated rings. The normalized spacial score (nSPS) is 20.8. The number of nitrogens with one attached hydrogen (secondary N) is 1. The molecule has 2 heterocycles. The van der Waals surface area contributed by atoms with Crippen LogP contribution in [-0.2, 0) is 14.6 Å². The first kappa shape index (κ1) is 23.7. The molecule has 0 unspecified atom stereocenters. The van der Waals surface area contributed by atoms with Gasteiger partial charge in [-0.1, -0.05) is 29.4 Å². The molecule has 0 saturated carbocycles. The zero-order chi connectivity index (χ0) is 23.8. The second-order valence-electron chi connectivity index (χ2n) is 7.78. The van der Waals surface area contributed by atoms with Crippen LogP contribution in [0.5, 0.6) is 11.5 Å². The number of methoxy groups -OCH3 is 2. The van der Waals surface area contributed by atoms with E-state index in [0.717, 1.165) is 5.56 Å². The minimum absolute atomic E-state index is 0.0144. The Hall–Kier alpha value is -2.43. The fourth-order valence-corrected chi connectivity index (χ4v) is 6.89. The Labute approximate surface area is 202 Å². The summed E-state index contributed by atoms with van der Waals surface area (Å²) in [6, 6.07) is 9.90. The molecular weight excluding hydrogens is 486 g/mol. The second kappa shape index (κ2) is 9.44. The second-order valence-corrected chi connectivity index (χ2v) is 11.3. The van der Waals surface area contributed by atoms with Crippen molar-refractivity contribution >= 4 is 55.6 Å². The molecule has 176 valence electrons. The number of benzene rings is 2. The number of amides is 1. The number of hydrogen-bond donors (Lipinski definition) is 1. The van der Waals surface area contributed by atoms with Crippen LogP contribution in [0.1, 0.15) is 5.56 Å². The fraction of sp³-hybridized carbons (Fsp3) is 0.364. The third-order valence-corrected chi connectivity index (χ3v) is 8.70. The number of carbonyl (C=O) groups excluding carboxylic acids is 1. The Kier molecular flexibility index (Phi) is 6.78. The number of fused-ring (bicyclic) bond motifs is 1. The molecule has 0 radical (unpaired) electrons. The lowest BCUT2D eigenvalue weighted by Crippen LogP contribution is -2.39. The highest BCUT2D eigenvalue weighted by molar-refractivity contribution is 8.14. The van der Waals surface area contributed by atoms with Gasteiger partial charge in [0.2, 0.25) is 5.91 Å². The highest BCUT2D eigenvalue weighted by Gasteiger charge is 2.48. The summed E-state index contributed by atoms with van der Waals surface area (Å²) in [5, 5.41) is 4.02. The first-order valence-electron chi connectivity index (χ1n) is 10.2. The summed E-state index contributed by atoms with van der Waals surface area (Å²) in [6.45, 7) is 1.84. The molecule has 2 atom stereocenters. The van der Waals surface area contributed by atoms with Crippen molar-refractivity contribution in [3.8, 4) is 11.5 Å². The number of amidine groups is 1. The van der Waals surface area contributed by atoms with E-state index in [-0.39, 0.29) is 29.2 Å². The lowest BCUT2D eigenvalue weighted by molar-refractivity contribution is -0.113. The third-order valence-electron chi connectivity index (χ3n) is 5.63. The molecule has 0 spiro atoms. The smallest absolute Gasteiger partial charge is 0.234 e. The number of thioether (sulfide) groups is 1. The monoisotopic (exact) mass is 509 g/mol. The van der Waals surface area contributed by atoms with E-state index in [4.69, 9.17) is 21.1 Å². The van der Waals surface area contributed by atoms with E-state index in [1.807, 2.05) is 11.8 Å². The van der Waals surface area contributed by atoms with Gasteiger partial charge in [0.25, 0.3) is 0 Å². The highest BCUT2D eigenvalue weighted by atomic mass is 35.5. The van der Waals surface area contributed by atoms with Crippen molar-refractivity contribution < 1.29 is 22.7 Å². The van der Waals surface area contributed by atoms with E-state index < -0.39 is 15.9 Å².